The molecular weight excluding hydrogens is 333 g/mol. The van der Waals surface area contributed by atoms with E-state index in [9.17, 15) is 0 Å². The third-order valence-electron chi connectivity index (χ3n) is 4.04. The first-order valence-electron chi connectivity index (χ1n) is 7.66. The van der Waals surface area contributed by atoms with Gasteiger partial charge < -0.3 is 4.90 Å². The molecule has 0 unspecified atom stereocenters. The fraction of sp³-hybridized carbons (Fsp3) is 0.375. The number of halogens is 2. The largest absolute Gasteiger partial charge is 0.334 e. The van der Waals surface area contributed by atoms with Crippen LogP contribution in [0, 0.1) is 6.92 Å². The maximum atomic E-state index is 6.50. The predicted molar refractivity (Wildman–Crippen MR) is 94.1 cm³/mol. The van der Waals surface area contributed by atoms with Gasteiger partial charge in [-0.15, -0.1) is 0 Å². The number of likely N-dealkylation sites (N-methyl/N-ethyl adjacent to an activating group) is 1. The molecule has 23 heavy (non-hydrogen) atoms. The zero-order valence-corrected chi connectivity index (χ0v) is 14.8. The van der Waals surface area contributed by atoms with E-state index in [1.54, 1.807) is 9.58 Å². The summed E-state index contributed by atoms with van der Waals surface area (Å²) in [4.78, 5) is 1.54. The maximum absolute atomic E-state index is 6.50. The first-order chi connectivity index (χ1) is 11.0. The molecule has 2 heterocycles. The number of hydrazone groups is 1. The van der Waals surface area contributed by atoms with Crippen LogP contribution in [-0.4, -0.2) is 54.2 Å². The molecule has 5 nitrogen and oxygen atoms in total. The summed E-state index contributed by atoms with van der Waals surface area (Å²) in [6, 6.07) is 7.47. The van der Waals surface area contributed by atoms with Crippen molar-refractivity contribution in [2.45, 2.75) is 6.92 Å². The van der Waals surface area contributed by atoms with Crippen molar-refractivity contribution in [2.24, 2.45) is 5.10 Å². The molecule has 0 aliphatic carbocycles. The van der Waals surface area contributed by atoms with Crippen LogP contribution in [0.2, 0.25) is 10.2 Å². The summed E-state index contributed by atoms with van der Waals surface area (Å²) in [5.41, 5.74) is 2.53. The second kappa shape index (κ2) is 6.91. The van der Waals surface area contributed by atoms with E-state index in [1.807, 2.05) is 37.4 Å². The molecule has 1 fully saturated rings. The lowest BCUT2D eigenvalue weighted by Crippen LogP contribution is -3.11. The lowest BCUT2D eigenvalue weighted by Gasteiger charge is -2.27. The summed E-state index contributed by atoms with van der Waals surface area (Å²) in [6.07, 6.45) is 1.81. The van der Waals surface area contributed by atoms with Gasteiger partial charge in [-0.05, 0) is 25.1 Å². The summed E-state index contributed by atoms with van der Waals surface area (Å²) >= 11 is 12.5. The highest BCUT2D eigenvalue weighted by atomic mass is 35.5. The Hall–Kier alpha value is -1.56. The smallest absolute Gasteiger partial charge is 0.142 e. The molecule has 0 saturated carbocycles. The first-order valence-corrected chi connectivity index (χ1v) is 8.41. The number of benzene rings is 1. The van der Waals surface area contributed by atoms with Gasteiger partial charge in [0.05, 0.1) is 56.4 Å². The van der Waals surface area contributed by atoms with Gasteiger partial charge in [0.2, 0.25) is 0 Å². The van der Waals surface area contributed by atoms with Gasteiger partial charge in [0, 0.05) is 5.02 Å². The van der Waals surface area contributed by atoms with Crippen LogP contribution in [0.5, 0.6) is 0 Å². The summed E-state index contributed by atoms with van der Waals surface area (Å²) < 4.78 is 1.69. The molecule has 1 aromatic carbocycles. The zero-order valence-electron chi connectivity index (χ0n) is 13.3. The number of aryl methyl sites for hydroxylation is 1. The molecule has 3 rings (SSSR count). The fourth-order valence-corrected chi connectivity index (χ4v) is 3.07. The highest BCUT2D eigenvalue weighted by molar-refractivity contribution is 6.32. The molecule has 0 spiro atoms. The number of hydrogen-bond acceptors (Lipinski definition) is 3. The molecule has 0 radical (unpaired) electrons. The van der Waals surface area contributed by atoms with Crippen LogP contribution < -0.4 is 4.90 Å². The van der Waals surface area contributed by atoms with E-state index in [4.69, 9.17) is 23.2 Å². The Kier molecular flexibility index (Phi) is 4.90. The summed E-state index contributed by atoms with van der Waals surface area (Å²) in [5, 5.41) is 12.4. The van der Waals surface area contributed by atoms with E-state index in [0.717, 1.165) is 43.1 Å². The van der Waals surface area contributed by atoms with E-state index < -0.39 is 0 Å². The van der Waals surface area contributed by atoms with E-state index >= 15 is 0 Å². The van der Waals surface area contributed by atoms with E-state index in [2.05, 4.69) is 22.3 Å². The monoisotopic (exact) mass is 352 g/mol. The number of piperazine rings is 1. The zero-order chi connectivity index (χ0) is 16.4. The number of rotatable bonds is 3. The second-order valence-corrected chi connectivity index (χ2v) is 6.63. The first kappa shape index (κ1) is 16.3. The summed E-state index contributed by atoms with van der Waals surface area (Å²) in [6.45, 7) is 6.06. The van der Waals surface area contributed by atoms with Crippen molar-refractivity contribution < 1.29 is 4.90 Å². The lowest BCUT2D eigenvalue weighted by atomic mass is 10.3. The topological polar surface area (TPSA) is 37.9 Å². The van der Waals surface area contributed by atoms with E-state index in [1.165, 1.54) is 0 Å². The van der Waals surface area contributed by atoms with Gasteiger partial charge in [-0.2, -0.15) is 10.2 Å². The van der Waals surface area contributed by atoms with Gasteiger partial charge in [0.25, 0.3) is 0 Å². The van der Waals surface area contributed by atoms with Crippen molar-refractivity contribution in [1.29, 1.82) is 0 Å². The Morgan fingerprint density at radius 2 is 2.00 bits per heavy atom. The predicted octanol–water partition coefficient (Wildman–Crippen LogP) is 1.65. The lowest BCUT2D eigenvalue weighted by molar-refractivity contribution is -0.884. The number of nitrogens with zero attached hydrogens (tertiary/aromatic N) is 4. The molecule has 122 valence electrons. The van der Waals surface area contributed by atoms with Crippen LogP contribution in [-0.2, 0) is 0 Å². The second-order valence-electron chi connectivity index (χ2n) is 5.84. The molecule has 2 aromatic rings. The number of hydrogen-bond donors (Lipinski definition) is 1. The minimum absolute atomic E-state index is 0.549. The molecule has 7 heteroatoms. The Bertz CT molecular complexity index is 717. The summed E-state index contributed by atoms with van der Waals surface area (Å²) in [5.74, 6) is 0. The van der Waals surface area contributed by atoms with Crippen molar-refractivity contribution in [3.8, 4) is 5.69 Å². The number of nitrogens with one attached hydrogen (secondary N) is 1. The van der Waals surface area contributed by atoms with Gasteiger partial charge in [-0.1, -0.05) is 29.3 Å². The third kappa shape index (κ3) is 3.68. The minimum atomic E-state index is 0.549. The summed E-state index contributed by atoms with van der Waals surface area (Å²) in [7, 11) is 2.21. The van der Waals surface area contributed by atoms with Gasteiger partial charge in [-0.25, -0.2) is 4.68 Å². The maximum Gasteiger partial charge on any atom is 0.142 e. The molecule has 0 bridgehead atoms. The van der Waals surface area contributed by atoms with Gasteiger partial charge in [0.15, 0.2) is 0 Å². The molecule has 1 aliphatic rings. The third-order valence-corrected chi connectivity index (χ3v) is 4.64. The average Bonchev–Trinajstić information content (AvgIpc) is 2.82. The van der Waals surface area contributed by atoms with Crippen LogP contribution in [0.1, 0.15) is 11.3 Å². The van der Waals surface area contributed by atoms with Crippen LogP contribution >= 0.6 is 23.2 Å². The molecular formula is C16H20Cl2N5+. The van der Waals surface area contributed by atoms with Crippen LogP contribution in [0.4, 0.5) is 0 Å². The van der Waals surface area contributed by atoms with Crippen LogP contribution in [0.25, 0.3) is 5.69 Å². The molecule has 1 aliphatic heterocycles. The van der Waals surface area contributed by atoms with Crippen molar-refractivity contribution in [1.82, 2.24) is 14.8 Å². The average molecular weight is 353 g/mol. The van der Waals surface area contributed by atoms with Gasteiger partial charge in [-0.3, -0.25) is 5.01 Å². The quantitative estimate of drug-likeness (QED) is 0.853. The highest BCUT2D eigenvalue weighted by Crippen LogP contribution is 2.23. The molecule has 1 saturated heterocycles. The normalized spacial score (nSPS) is 16.4. The Balaban J connectivity index is 1.83. The molecule has 1 N–H and O–H groups in total. The SMILES string of the molecule is Cc1nn(-c2cccc(Cl)c2)c(Cl)c1/C=N\N1CC[NH+](C)CC1. The number of aromatic nitrogens is 2. The van der Waals surface area contributed by atoms with Gasteiger partial charge in [0.1, 0.15) is 5.15 Å². The number of quaternary nitrogens is 1. The van der Waals surface area contributed by atoms with Crippen LogP contribution in [0.15, 0.2) is 29.4 Å². The molecule has 0 amide bonds. The van der Waals surface area contributed by atoms with Crippen molar-refractivity contribution in [3.05, 3.63) is 45.7 Å². The standard InChI is InChI=1S/C16H19Cl2N5/c1-12-15(11-19-22-8-6-21(2)7-9-22)16(18)23(20-12)14-5-3-4-13(17)10-14/h3-5,10-11H,6-9H2,1-2H3/p+1/b19-11-. The Morgan fingerprint density at radius 3 is 2.70 bits per heavy atom. The van der Waals surface area contributed by atoms with Crippen molar-refractivity contribution in [3.63, 3.8) is 0 Å². The van der Waals surface area contributed by atoms with Crippen molar-refractivity contribution >= 4 is 29.4 Å². The van der Waals surface area contributed by atoms with E-state index in [0.29, 0.717) is 10.2 Å². The van der Waals surface area contributed by atoms with Gasteiger partial charge >= 0.3 is 0 Å². The van der Waals surface area contributed by atoms with E-state index in [-0.39, 0.29) is 0 Å². The molecule has 0 atom stereocenters. The minimum Gasteiger partial charge on any atom is -0.334 e. The Morgan fingerprint density at radius 1 is 1.26 bits per heavy atom. The van der Waals surface area contributed by atoms with Crippen molar-refractivity contribution in [2.75, 3.05) is 33.2 Å². The fourth-order valence-electron chi connectivity index (χ4n) is 2.57. The van der Waals surface area contributed by atoms with Crippen LogP contribution in [0.3, 0.4) is 0 Å². The highest BCUT2D eigenvalue weighted by Gasteiger charge is 2.16. The molecule has 1 aromatic heterocycles. The Labute approximate surface area is 146 Å².